The fraction of sp³-hybridized carbons (Fsp3) is 0.250. The predicted octanol–water partition coefficient (Wildman–Crippen LogP) is 2.24. The van der Waals surface area contributed by atoms with E-state index in [4.69, 9.17) is 5.73 Å². The molecule has 2 aromatic carbocycles. The van der Waals surface area contributed by atoms with Gasteiger partial charge in [-0.25, -0.2) is 13.1 Å². The first-order valence-electron chi connectivity index (χ1n) is 6.78. The molecule has 0 fully saturated rings. The molecule has 0 spiro atoms. The van der Waals surface area contributed by atoms with Crippen LogP contribution in [0.3, 0.4) is 0 Å². The van der Waals surface area contributed by atoms with Crippen molar-refractivity contribution in [3.63, 3.8) is 0 Å². The van der Waals surface area contributed by atoms with Crippen molar-refractivity contribution in [1.82, 2.24) is 4.72 Å². The number of nitrogens with two attached hydrogens (primary N) is 1. The van der Waals surface area contributed by atoms with Crippen LogP contribution in [-0.4, -0.2) is 8.42 Å². The van der Waals surface area contributed by atoms with Gasteiger partial charge in [0.1, 0.15) is 0 Å². The van der Waals surface area contributed by atoms with Crippen LogP contribution in [0.25, 0.3) is 0 Å². The first kappa shape index (κ1) is 15.7. The highest BCUT2D eigenvalue weighted by Crippen LogP contribution is 2.17. The van der Waals surface area contributed by atoms with Crippen LogP contribution in [-0.2, 0) is 23.1 Å². The molecule has 0 aliphatic rings. The maximum absolute atomic E-state index is 12.5. The Morgan fingerprint density at radius 2 is 1.76 bits per heavy atom. The minimum Gasteiger partial charge on any atom is -0.326 e. The summed E-state index contributed by atoms with van der Waals surface area (Å²) in [5.74, 6) is 0. The molecule has 0 heterocycles. The second-order valence-electron chi connectivity index (χ2n) is 5.06. The largest absolute Gasteiger partial charge is 0.326 e. The van der Waals surface area contributed by atoms with Crippen molar-refractivity contribution >= 4 is 10.0 Å². The summed E-state index contributed by atoms with van der Waals surface area (Å²) >= 11 is 0. The fourth-order valence-corrected chi connectivity index (χ4v) is 3.42. The second-order valence-corrected chi connectivity index (χ2v) is 6.79. The van der Waals surface area contributed by atoms with Crippen molar-refractivity contribution in [1.29, 1.82) is 0 Å². The summed E-state index contributed by atoms with van der Waals surface area (Å²) in [5, 5.41) is 0. The van der Waals surface area contributed by atoms with Gasteiger partial charge in [0.2, 0.25) is 10.0 Å². The van der Waals surface area contributed by atoms with E-state index < -0.39 is 10.0 Å². The van der Waals surface area contributed by atoms with E-state index in [-0.39, 0.29) is 6.54 Å². The monoisotopic (exact) mass is 304 g/mol. The third-order valence-corrected chi connectivity index (χ3v) is 5.03. The SMILES string of the molecule is Cc1ccccc1CNS(=O)(=O)c1cc(CN)ccc1C. The molecule has 0 unspecified atom stereocenters. The molecule has 4 nitrogen and oxygen atoms in total. The van der Waals surface area contributed by atoms with E-state index in [1.54, 1.807) is 19.1 Å². The number of hydrogen-bond donors (Lipinski definition) is 2. The predicted molar refractivity (Wildman–Crippen MR) is 84.3 cm³/mol. The van der Waals surface area contributed by atoms with Gasteiger partial charge in [0.15, 0.2) is 0 Å². The molecule has 0 aliphatic heterocycles. The highest BCUT2D eigenvalue weighted by atomic mass is 32.2. The Morgan fingerprint density at radius 3 is 2.43 bits per heavy atom. The Hall–Kier alpha value is -1.69. The van der Waals surface area contributed by atoms with Gasteiger partial charge in [-0.3, -0.25) is 0 Å². The number of nitrogens with one attached hydrogen (secondary N) is 1. The zero-order valence-corrected chi connectivity index (χ0v) is 13.1. The van der Waals surface area contributed by atoms with E-state index in [1.807, 2.05) is 37.3 Å². The van der Waals surface area contributed by atoms with Gasteiger partial charge in [-0.15, -0.1) is 0 Å². The van der Waals surface area contributed by atoms with Gasteiger partial charge in [-0.1, -0.05) is 36.4 Å². The number of rotatable bonds is 5. The van der Waals surface area contributed by atoms with Crippen molar-refractivity contribution in [3.05, 3.63) is 64.7 Å². The zero-order chi connectivity index (χ0) is 15.5. The summed E-state index contributed by atoms with van der Waals surface area (Å²) in [5.41, 5.74) is 9.13. The lowest BCUT2D eigenvalue weighted by atomic mass is 10.1. The van der Waals surface area contributed by atoms with Crippen LogP contribution in [0.1, 0.15) is 22.3 Å². The van der Waals surface area contributed by atoms with Crippen LogP contribution in [0.5, 0.6) is 0 Å². The van der Waals surface area contributed by atoms with Gasteiger partial charge >= 0.3 is 0 Å². The van der Waals surface area contributed by atoms with E-state index in [0.717, 1.165) is 16.7 Å². The topological polar surface area (TPSA) is 72.2 Å². The molecule has 21 heavy (non-hydrogen) atoms. The summed E-state index contributed by atoms with van der Waals surface area (Å²) in [6, 6.07) is 13.0. The molecule has 3 N–H and O–H groups in total. The number of aryl methyl sites for hydroxylation is 2. The van der Waals surface area contributed by atoms with Crippen molar-refractivity contribution in [2.75, 3.05) is 0 Å². The molecular weight excluding hydrogens is 284 g/mol. The van der Waals surface area contributed by atoms with E-state index >= 15 is 0 Å². The molecule has 0 aromatic heterocycles. The van der Waals surface area contributed by atoms with Crippen LogP contribution < -0.4 is 10.5 Å². The zero-order valence-electron chi connectivity index (χ0n) is 12.3. The Morgan fingerprint density at radius 1 is 1.05 bits per heavy atom. The second kappa shape index (κ2) is 6.39. The van der Waals surface area contributed by atoms with Gasteiger partial charge in [0.25, 0.3) is 0 Å². The lowest BCUT2D eigenvalue weighted by Gasteiger charge is -2.12. The van der Waals surface area contributed by atoms with Gasteiger partial charge in [-0.05, 0) is 42.2 Å². The summed E-state index contributed by atoms with van der Waals surface area (Å²) in [6.07, 6.45) is 0. The van der Waals surface area contributed by atoms with E-state index in [1.165, 1.54) is 0 Å². The van der Waals surface area contributed by atoms with Crippen LogP contribution in [0.4, 0.5) is 0 Å². The van der Waals surface area contributed by atoms with Gasteiger partial charge in [-0.2, -0.15) is 0 Å². The van der Waals surface area contributed by atoms with Crippen LogP contribution in [0.15, 0.2) is 47.4 Å². The lowest BCUT2D eigenvalue weighted by molar-refractivity contribution is 0.580. The van der Waals surface area contributed by atoms with Crippen LogP contribution in [0, 0.1) is 13.8 Å². The molecule has 0 amide bonds. The molecule has 112 valence electrons. The average molecular weight is 304 g/mol. The molecule has 2 rings (SSSR count). The number of sulfonamides is 1. The molecule has 0 saturated carbocycles. The van der Waals surface area contributed by atoms with Crippen molar-refractivity contribution in [2.24, 2.45) is 5.73 Å². The standard InChI is InChI=1S/C16H20N2O2S/c1-12-5-3-4-6-15(12)11-18-21(19,20)16-9-14(10-17)8-7-13(16)2/h3-9,18H,10-11,17H2,1-2H3. The Kier molecular flexibility index (Phi) is 4.77. The maximum atomic E-state index is 12.5. The number of benzene rings is 2. The summed E-state index contributed by atoms with van der Waals surface area (Å²) in [7, 11) is -3.54. The van der Waals surface area contributed by atoms with Crippen molar-refractivity contribution in [2.45, 2.75) is 31.8 Å². The summed E-state index contributed by atoms with van der Waals surface area (Å²) in [4.78, 5) is 0.291. The molecule has 2 aromatic rings. The molecule has 0 bridgehead atoms. The first-order chi connectivity index (χ1) is 9.94. The van der Waals surface area contributed by atoms with E-state index in [2.05, 4.69) is 4.72 Å². The highest BCUT2D eigenvalue weighted by Gasteiger charge is 2.17. The van der Waals surface area contributed by atoms with E-state index in [9.17, 15) is 8.42 Å². The smallest absolute Gasteiger partial charge is 0.241 e. The Balaban J connectivity index is 2.25. The van der Waals surface area contributed by atoms with E-state index in [0.29, 0.717) is 17.0 Å². The lowest BCUT2D eigenvalue weighted by Crippen LogP contribution is -2.24. The Labute approximate surface area is 126 Å². The quantitative estimate of drug-likeness (QED) is 0.890. The van der Waals surface area contributed by atoms with Gasteiger partial charge in [0, 0.05) is 13.1 Å². The molecule has 0 saturated heterocycles. The van der Waals surface area contributed by atoms with Gasteiger partial charge in [0.05, 0.1) is 4.90 Å². The molecule has 0 atom stereocenters. The molecule has 5 heteroatoms. The summed E-state index contributed by atoms with van der Waals surface area (Å²) < 4.78 is 27.6. The normalized spacial score (nSPS) is 11.6. The highest BCUT2D eigenvalue weighted by molar-refractivity contribution is 7.89. The fourth-order valence-electron chi connectivity index (χ4n) is 2.12. The maximum Gasteiger partial charge on any atom is 0.241 e. The average Bonchev–Trinajstić information content (AvgIpc) is 2.47. The molecular formula is C16H20N2O2S. The first-order valence-corrected chi connectivity index (χ1v) is 8.26. The summed E-state index contributed by atoms with van der Waals surface area (Å²) in [6.45, 7) is 4.34. The van der Waals surface area contributed by atoms with Crippen molar-refractivity contribution in [3.8, 4) is 0 Å². The minimum atomic E-state index is -3.54. The molecule has 0 radical (unpaired) electrons. The number of hydrogen-bond acceptors (Lipinski definition) is 3. The van der Waals surface area contributed by atoms with Gasteiger partial charge < -0.3 is 5.73 Å². The van der Waals surface area contributed by atoms with Crippen LogP contribution in [0.2, 0.25) is 0 Å². The third-order valence-electron chi connectivity index (χ3n) is 3.49. The molecule has 0 aliphatic carbocycles. The minimum absolute atomic E-state index is 0.279. The third kappa shape index (κ3) is 3.69. The van der Waals surface area contributed by atoms with Crippen molar-refractivity contribution < 1.29 is 8.42 Å². The Bertz CT molecular complexity index is 740. The van der Waals surface area contributed by atoms with Crippen LogP contribution >= 0.6 is 0 Å².